The predicted molar refractivity (Wildman–Crippen MR) is 292 cm³/mol. The Hall–Kier alpha value is -6.00. The maximum atomic E-state index is 11.9. The van der Waals surface area contributed by atoms with Gasteiger partial charge in [-0.1, -0.05) is 130 Å². The van der Waals surface area contributed by atoms with Gasteiger partial charge in [-0.25, -0.2) is 14.4 Å². The number of aliphatic carboxylic acids is 1. The Morgan fingerprint density at radius 3 is 1.32 bits per heavy atom. The number of hydrogen-bond acceptors (Lipinski definition) is 16. The van der Waals surface area contributed by atoms with E-state index in [0.29, 0.717) is 39.5 Å². The number of oxime groups is 2. The lowest BCUT2D eigenvalue weighted by Crippen LogP contribution is -2.32. The average molecular weight is 1110 g/mol. The Balaban J connectivity index is -0.00000121. The number of benzene rings is 2. The van der Waals surface area contributed by atoms with Gasteiger partial charge >= 0.3 is 36.3 Å². The summed E-state index contributed by atoms with van der Waals surface area (Å²) in [6.45, 7) is 14.3. The maximum Gasteiger partial charge on any atom is 0.490 e. The largest absolute Gasteiger partial charge is 0.490 e. The number of aryl methyl sites for hydroxylation is 2. The fraction of sp³-hybridized carbons (Fsp3) is 0.655. The van der Waals surface area contributed by atoms with Crippen molar-refractivity contribution < 1.29 is 83.1 Å². The van der Waals surface area contributed by atoms with Crippen molar-refractivity contribution in [3.8, 4) is 0 Å². The van der Waals surface area contributed by atoms with Crippen LogP contribution < -0.4 is 16.4 Å². The van der Waals surface area contributed by atoms with Gasteiger partial charge in [0.1, 0.15) is 13.2 Å². The van der Waals surface area contributed by atoms with Crippen LogP contribution in [0.3, 0.4) is 0 Å². The average Bonchev–Trinajstić information content (AvgIpc) is 3.40. The molecule has 2 rings (SSSR count). The van der Waals surface area contributed by atoms with Crippen molar-refractivity contribution in [2.24, 2.45) is 16.0 Å². The summed E-state index contributed by atoms with van der Waals surface area (Å²) in [7, 11) is 4.63. The molecule has 0 radical (unpaired) electrons. The highest BCUT2D eigenvalue weighted by Crippen LogP contribution is 2.15. The number of carbonyl (C=O) groups is 5. The van der Waals surface area contributed by atoms with E-state index in [1.807, 2.05) is 62.4 Å². The van der Waals surface area contributed by atoms with Crippen LogP contribution in [-0.2, 0) is 52.5 Å². The molecule has 0 aromatic heterocycles. The number of unbranched alkanes of at least 4 members (excludes halogenated alkanes) is 8. The van der Waals surface area contributed by atoms with Gasteiger partial charge in [0.15, 0.2) is 0 Å². The summed E-state index contributed by atoms with van der Waals surface area (Å²) in [6, 6.07) is 16.2. The Labute approximate surface area is 458 Å². The Kier molecular flexibility index (Phi) is 45.7. The molecular formula is C55H92F3N5O14. The number of rotatable bonds is 35. The molecule has 2 amide bonds. The molecule has 0 fully saturated rings. The molecule has 0 aliphatic carbocycles. The summed E-state index contributed by atoms with van der Waals surface area (Å²) < 4.78 is 74.1. The highest BCUT2D eigenvalue weighted by Gasteiger charge is 2.38. The number of nitrogens with zero attached hydrogens (tertiary/aromatic N) is 2. The molecule has 2 unspecified atom stereocenters. The van der Waals surface area contributed by atoms with Crippen molar-refractivity contribution in [3.63, 3.8) is 0 Å². The van der Waals surface area contributed by atoms with Crippen molar-refractivity contribution in [1.82, 2.24) is 10.6 Å². The number of ether oxygens (including phenoxy) is 6. The second-order valence-electron chi connectivity index (χ2n) is 16.7. The number of alkyl halides is 3. The van der Waals surface area contributed by atoms with E-state index in [-0.39, 0.29) is 38.7 Å². The number of halogens is 3. The number of nitrogens with one attached hydrogen (secondary N) is 2. The zero-order valence-corrected chi connectivity index (χ0v) is 47.1. The second kappa shape index (κ2) is 49.6. The molecule has 0 saturated carbocycles. The van der Waals surface area contributed by atoms with Gasteiger partial charge in [-0.05, 0) is 89.3 Å². The fourth-order valence-electron chi connectivity index (χ4n) is 6.08. The topological polar surface area (TPSA) is 254 Å². The van der Waals surface area contributed by atoms with Crippen LogP contribution in [0.5, 0.6) is 0 Å². The molecule has 0 aliphatic heterocycles. The highest BCUT2D eigenvalue weighted by molar-refractivity contribution is 6.00. The molecule has 2 aromatic rings. The van der Waals surface area contributed by atoms with Gasteiger partial charge in [-0.2, -0.15) is 13.2 Å². The fourth-order valence-corrected chi connectivity index (χ4v) is 6.08. The van der Waals surface area contributed by atoms with E-state index < -0.39 is 42.9 Å². The third-order valence-electron chi connectivity index (χ3n) is 10.0. The lowest BCUT2D eigenvalue weighted by atomic mass is 10.0. The minimum absolute atomic E-state index is 0.178. The normalized spacial score (nSPS) is 12.0. The van der Waals surface area contributed by atoms with Crippen LogP contribution in [0.2, 0.25) is 0 Å². The van der Waals surface area contributed by atoms with Gasteiger partial charge in [-0.15, -0.1) is 0 Å². The quantitative estimate of drug-likeness (QED) is 0.0165. The Bertz CT molecular complexity index is 1920. The van der Waals surface area contributed by atoms with Crippen molar-refractivity contribution in [3.05, 3.63) is 70.8 Å². The minimum Gasteiger partial charge on any atom is -0.475 e. The second-order valence-corrected chi connectivity index (χ2v) is 16.7. The number of amides is 2. The van der Waals surface area contributed by atoms with E-state index in [2.05, 4.69) is 27.9 Å². The van der Waals surface area contributed by atoms with Gasteiger partial charge in [0.05, 0.1) is 24.5 Å². The standard InChI is InChI=1S/C26H42N2O6.C24H39N3O6.C2HF3O2.C2H6.CH4/c1-5-6-7-8-9-13-25(29)33-22(3)34-26(30)27-18-20-32-28-24(12-10-11-19-31-4)23-16-14-21(2)15-17-23;1-19-11-13-21(14-12-19)22(9-6-8-17-30-3)27-31-18-16-26-24(29)33-20(2)32-23(28)10-5-4-7-15-25;3-2(4,5)1(6)7;1-2;/h14-17,22H,5-13,18-20H2,1-4H3,(H,27,30);11-14,20H,4-10,15-18,25H2,1-3H3,(H,26,29);(H,6,7);1-2H3;1H4/b28-24+;27-22+;;;/i;;;1D;1T. The first-order chi connectivity index (χ1) is 37.8. The van der Waals surface area contributed by atoms with E-state index in [1.165, 1.54) is 38.8 Å². The van der Waals surface area contributed by atoms with Crippen molar-refractivity contribution in [1.29, 1.82) is 0 Å². The lowest BCUT2D eigenvalue weighted by molar-refractivity contribution is -0.192. The van der Waals surface area contributed by atoms with Gasteiger partial charge in [0.25, 0.3) is 0 Å². The van der Waals surface area contributed by atoms with Crippen molar-refractivity contribution in [2.75, 3.05) is 60.3 Å². The van der Waals surface area contributed by atoms with Gasteiger partial charge in [0.2, 0.25) is 12.6 Å². The van der Waals surface area contributed by atoms with E-state index in [1.54, 1.807) is 21.1 Å². The summed E-state index contributed by atoms with van der Waals surface area (Å²) in [6.07, 6.45) is 5.18. The van der Waals surface area contributed by atoms with Crippen LogP contribution in [0.25, 0.3) is 0 Å². The number of nitrogens with two attached hydrogens (primary N) is 1. The first kappa shape index (κ1) is 71.0. The zero-order chi connectivity index (χ0) is 60.1. The molecule has 0 spiro atoms. The van der Waals surface area contributed by atoms with Crippen LogP contribution in [0.1, 0.15) is 170 Å². The Morgan fingerprint density at radius 1 is 0.636 bits per heavy atom. The van der Waals surface area contributed by atoms with Gasteiger partial charge in [0, 0.05) is 56.9 Å². The number of carboxylic acids is 1. The first-order valence-electron chi connectivity index (χ1n) is 27.6. The number of alkyl carbamates (subject to hydrolysis) is 2. The van der Waals surface area contributed by atoms with Crippen LogP contribution in [-0.4, -0.2) is 126 Å². The minimum atomic E-state index is -5.08. The zero-order valence-electron chi connectivity index (χ0n) is 49.1. The monoisotopic (exact) mass is 1110 g/mol. The molecule has 77 heavy (non-hydrogen) atoms. The summed E-state index contributed by atoms with van der Waals surface area (Å²) in [5.41, 5.74) is 11.5. The maximum absolute atomic E-state index is 11.9. The molecule has 2 aromatic carbocycles. The number of esters is 2. The summed E-state index contributed by atoms with van der Waals surface area (Å²) in [4.78, 5) is 67.0. The molecule has 22 heteroatoms. The predicted octanol–water partition coefficient (Wildman–Crippen LogP) is 11.5. The third kappa shape index (κ3) is 44.8. The Morgan fingerprint density at radius 2 is 0.987 bits per heavy atom. The highest BCUT2D eigenvalue weighted by atomic mass is 19.4. The van der Waals surface area contributed by atoms with E-state index in [9.17, 15) is 32.3 Å². The molecule has 0 aliphatic rings. The van der Waals surface area contributed by atoms with E-state index >= 15 is 0 Å². The number of hydrogen-bond donors (Lipinski definition) is 4. The lowest BCUT2D eigenvalue weighted by Gasteiger charge is -2.14. The van der Waals surface area contributed by atoms with Crippen molar-refractivity contribution >= 4 is 41.5 Å². The number of carboxylic acid groups (broad SMARTS) is 1. The van der Waals surface area contributed by atoms with Crippen LogP contribution in [0.15, 0.2) is 58.8 Å². The van der Waals surface area contributed by atoms with Crippen LogP contribution in [0.4, 0.5) is 22.8 Å². The summed E-state index contributed by atoms with van der Waals surface area (Å²) in [5.74, 6) is -3.52. The number of carbonyl (C=O) groups excluding carboxylic acids is 4. The first-order valence-corrected chi connectivity index (χ1v) is 25.8. The van der Waals surface area contributed by atoms with E-state index in [4.69, 9.17) is 56.5 Å². The van der Waals surface area contributed by atoms with Crippen LogP contribution >= 0.6 is 0 Å². The summed E-state index contributed by atoms with van der Waals surface area (Å²) >= 11 is 0. The van der Waals surface area contributed by atoms with Crippen LogP contribution in [0, 0.1) is 13.8 Å². The summed E-state index contributed by atoms with van der Waals surface area (Å²) in [5, 5.41) is 20.8. The molecule has 0 saturated heterocycles. The molecule has 0 heterocycles. The number of methoxy groups -OCH3 is 2. The van der Waals surface area contributed by atoms with Crippen molar-refractivity contribution in [2.45, 2.75) is 177 Å². The molecule has 442 valence electrons. The van der Waals surface area contributed by atoms with E-state index in [0.717, 1.165) is 99.6 Å². The molecular weight excluding hydrogens is 1010 g/mol. The van der Waals surface area contributed by atoms with Gasteiger partial charge < -0.3 is 59.6 Å². The molecule has 5 N–H and O–H groups in total. The SMILES string of the molecule is CCCCCCCC(=O)OC(C)OC(=O)NCCO/N=C(\CCCCOC)c1ccc(C)cc1.COCCCC/C(=N\OCCNC(=O)OC(C)OC(=O)CCCCCN)c1ccc(C)cc1.O=C(O)C(F)(F)F.[2H]CC.[3H]C. The van der Waals surface area contributed by atoms with Gasteiger partial charge in [-0.3, -0.25) is 9.59 Å². The molecule has 19 nitrogen and oxygen atoms in total. The third-order valence-corrected chi connectivity index (χ3v) is 10.0. The molecule has 2 atom stereocenters. The smallest absolute Gasteiger partial charge is 0.475 e. The molecule has 0 bridgehead atoms.